The monoisotopic (exact) mass is 336 g/mol. The van der Waals surface area contributed by atoms with Crippen molar-refractivity contribution in [1.82, 2.24) is 9.97 Å². The minimum absolute atomic E-state index is 0.667. The van der Waals surface area contributed by atoms with E-state index < -0.39 is 5.97 Å². The van der Waals surface area contributed by atoms with Crippen LogP contribution in [0.4, 0.5) is 0 Å². The van der Waals surface area contributed by atoms with Crippen molar-refractivity contribution < 1.29 is 9.90 Å². The number of carbonyl (C=O) groups is 1. The van der Waals surface area contributed by atoms with Gasteiger partial charge in [0.15, 0.2) is 5.82 Å². The minimum Gasteiger partial charge on any atom is -0.478 e. The molecular formula is C21H24N2O2. The molecule has 0 saturated heterocycles. The smallest absolute Gasteiger partial charge is 0.328 e. The summed E-state index contributed by atoms with van der Waals surface area (Å²) in [5.41, 5.74) is 3.36. The zero-order valence-electron chi connectivity index (χ0n) is 14.6. The third-order valence-electron chi connectivity index (χ3n) is 3.83. The first-order valence-electron chi connectivity index (χ1n) is 8.65. The number of unbranched alkanes of at least 4 members (excludes halogenated alkanes) is 2. The van der Waals surface area contributed by atoms with Crippen LogP contribution in [0.2, 0.25) is 0 Å². The average Bonchev–Trinajstić information content (AvgIpc) is 2.63. The highest BCUT2D eigenvalue weighted by Crippen LogP contribution is 2.17. The van der Waals surface area contributed by atoms with Crippen LogP contribution in [0.25, 0.3) is 11.4 Å². The van der Waals surface area contributed by atoms with E-state index in [9.17, 15) is 4.79 Å². The fraction of sp³-hybridized carbons (Fsp3) is 0.286. The number of aliphatic carboxylic acids is 1. The molecule has 2 aromatic rings. The molecule has 1 aromatic carbocycles. The van der Waals surface area contributed by atoms with Crippen LogP contribution in [0, 0.1) is 0 Å². The molecule has 0 spiro atoms. The molecule has 0 saturated carbocycles. The number of hydrogen-bond acceptors (Lipinski definition) is 3. The SMILES string of the molecule is CCCCCc1ccc(-c2ncc(C/C=C/C=C/C(=O)O)cn2)cc1. The normalized spacial score (nSPS) is 11.4. The van der Waals surface area contributed by atoms with Crippen LogP contribution in [0.5, 0.6) is 0 Å². The molecular weight excluding hydrogens is 312 g/mol. The summed E-state index contributed by atoms with van der Waals surface area (Å²) in [5, 5.41) is 8.50. The van der Waals surface area contributed by atoms with Crippen LogP contribution in [-0.4, -0.2) is 21.0 Å². The van der Waals surface area contributed by atoms with Crippen LogP contribution in [0.1, 0.15) is 37.3 Å². The number of aryl methyl sites for hydroxylation is 1. The third-order valence-corrected chi connectivity index (χ3v) is 3.83. The first-order valence-corrected chi connectivity index (χ1v) is 8.65. The maximum absolute atomic E-state index is 10.4. The predicted molar refractivity (Wildman–Crippen MR) is 100 cm³/mol. The lowest BCUT2D eigenvalue weighted by Crippen LogP contribution is -1.92. The van der Waals surface area contributed by atoms with Gasteiger partial charge in [-0.3, -0.25) is 0 Å². The predicted octanol–water partition coefficient (Wildman–Crippen LogP) is 4.62. The second kappa shape index (κ2) is 10.2. The Morgan fingerprint density at radius 2 is 1.76 bits per heavy atom. The Morgan fingerprint density at radius 3 is 2.40 bits per heavy atom. The molecule has 0 bridgehead atoms. The van der Waals surface area contributed by atoms with Crippen LogP contribution < -0.4 is 0 Å². The standard InChI is InChI=1S/C21H24N2O2/c1-2-3-5-8-17-11-13-19(14-12-17)21-22-15-18(16-23-21)9-6-4-7-10-20(24)25/h4,6-7,10-16H,2-3,5,8-9H2,1H3,(H,24,25)/b6-4+,10-7+. The van der Waals surface area contributed by atoms with Gasteiger partial charge in [-0.2, -0.15) is 0 Å². The number of nitrogens with zero attached hydrogens (tertiary/aromatic N) is 2. The zero-order chi connectivity index (χ0) is 17.9. The van der Waals surface area contributed by atoms with Gasteiger partial charge in [0.25, 0.3) is 0 Å². The lowest BCUT2D eigenvalue weighted by atomic mass is 10.1. The van der Waals surface area contributed by atoms with E-state index in [2.05, 4.69) is 41.2 Å². The van der Waals surface area contributed by atoms with Crippen molar-refractivity contribution in [1.29, 1.82) is 0 Å². The highest BCUT2D eigenvalue weighted by atomic mass is 16.4. The van der Waals surface area contributed by atoms with Gasteiger partial charge in [0.2, 0.25) is 0 Å². The molecule has 1 aromatic heterocycles. The van der Waals surface area contributed by atoms with E-state index in [1.54, 1.807) is 6.08 Å². The molecule has 25 heavy (non-hydrogen) atoms. The van der Waals surface area contributed by atoms with Gasteiger partial charge in [-0.1, -0.05) is 62.3 Å². The van der Waals surface area contributed by atoms with Gasteiger partial charge < -0.3 is 5.11 Å². The Morgan fingerprint density at radius 1 is 1.04 bits per heavy atom. The van der Waals surface area contributed by atoms with E-state index in [0.717, 1.165) is 29.4 Å². The van der Waals surface area contributed by atoms with Gasteiger partial charge in [0.05, 0.1) is 0 Å². The molecule has 0 fully saturated rings. The lowest BCUT2D eigenvalue weighted by Gasteiger charge is -2.04. The minimum atomic E-state index is -0.950. The van der Waals surface area contributed by atoms with Gasteiger partial charge in [-0.05, 0) is 30.4 Å². The molecule has 4 heteroatoms. The van der Waals surface area contributed by atoms with Crippen LogP contribution in [-0.2, 0) is 17.6 Å². The van der Waals surface area contributed by atoms with Crippen molar-refractivity contribution in [2.75, 3.05) is 0 Å². The summed E-state index contributed by atoms with van der Waals surface area (Å²) in [6, 6.07) is 8.46. The summed E-state index contributed by atoms with van der Waals surface area (Å²) in [4.78, 5) is 19.2. The van der Waals surface area contributed by atoms with Crippen molar-refractivity contribution in [2.45, 2.75) is 39.0 Å². The number of allylic oxidation sites excluding steroid dienone is 3. The molecule has 0 radical (unpaired) electrons. The van der Waals surface area contributed by atoms with Gasteiger partial charge >= 0.3 is 5.97 Å². The summed E-state index contributed by atoms with van der Waals surface area (Å²) >= 11 is 0. The molecule has 4 nitrogen and oxygen atoms in total. The number of carboxylic acids is 1. The van der Waals surface area contributed by atoms with E-state index in [4.69, 9.17) is 5.11 Å². The van der Waals surface area contributed by atoms with Gasteiger partial charge in [0.1, 0.15) is 0 Å². The molecule has 1 heterocycles. The van der Waals surface area contributed by atoms with Crippen LogP contribution in [0.15, 0.2) is 61.0 Å². The fourth-order valence-electron chi connectivity index (χ4n) is 2.43. The van der Waals surface area contributed by atoms with E-state index in [-0.39, 0.29) is 0 Å². The maximum Gasteiger partial charge on any atom is 0.328 e. The van der Waals surface area contributed by atoms with Crippen molar-refractivity contribution in [3.05, 3.63) is 72.1 Å². The largest absolute Gasteiger partial charge is 0.478 e. The molecule has 2 rings (SSSR count). The molecule has 0 aliphatic carbocycles. The Labute approximate surface area is 149 Å². The summed E-state index contributed by atoms with van der Waals surface area (Å²) in [6.45, 7) is 2.21. The highest BCUT2D eigenvalue weighted by Gasteiger charge is 2.02. The topological polar surface area (TPSA) is 63.1 Å². The molecule has 0 amide bonds. The maximum atomic E-state index is 10.4. The molecule has 0 aliphatic rings. The Bertz CT molecular complexity index is 717. The van der Waals surface area contributed by atoms with Gasteiger partial charge in [0, 0.05) is 24.0 Å². The second-order valence-corrected chi connectivity index (χ2v) is 5.90. The van der Waals surface area contributed by atoms with Crippen molar-refractivity contribution >= 4 is 5.97 Å². The number of benzene rings is 1. The van der Waals surface area contributed by atoms with Gasteiger partial charge in [-0.25, -0.2) is 14.8 Å². The fourth-order valence-corrected chi connectivity index (χ4v) is 2.43. The Balaban J connectivity index is 1.91. The Hall–Kier alpha value is -2.75. The van der Waals surface area contributed by atoms with E-state index in [1.807, 2.05) is 18.5 Å². The van der Waals surface area contributed by atoms with Crippen molar-refractivity contribution in [3.8, 4) is 11.4 Å². The van der Waals surface area contributed by atoms with Crippen molar-refractivity contribution in [3.63, 3.8) is 0 Å². The van der Waals surface area contributed by atoms with E-state index in [0.29, 0.717) is 6.42 Å². The number of aromatic nitrogens is 2. The molecule has 0 unspecified atom stereocenters. The van der Waals surface area contributed by atoms with Gasteiger partial charge in [-0.15, -0.1) is 0 Å². The van der Waals surface area contributed by atoms with E-state index >= 15 is 0 Å². The molecule has 1 N–H and O–H groups in total. The van der Waals surface area contributed by atoms with Crippen molar-refractivity contribution in [2.24, 2.45) is 0 Å². The first kappa shape index (κ1) is 18.6. The summed E-state index contributed by atoms with van der Waals surface area (Å²) < 4.78 is 0. The summed E-state index contributed by atoms with van der Waals surface area (Å²) in [7, 11) is 0. The first-order chi connectivity index (χ1) is 12.2. The number of rotatable bonds is 9. The molecule has 0 atom stereocenters. The lowest BCUT2D eigenvalue weighted by molar-refractivity contribution is -0.131. The summed E-state index contributed by atoms with van der Waals surface area (Å²) in [6.07, 6.45) is 15.3. The second-order valence-electron chi connectivity index (χ2n) is 5.90. The summed E-state index contributed by atoms with van der Waals surface area (Å²) in [5.74, 6) is -0.229. The Kier molecular flexibility index (Phi) is 7.57. The highest BCUT2D eigenvalue weighted by molar-refractivity contribution is 5.80. The average molecular weight is 336 g/mol. The van der Waals surface area contributed by atoms with Crippen LogP contribution >= 0.6 is 0 Å². The van der Waals surface area contributed by atoms with E-state index in [1.165, 1.54) is 30.9 Å². The number of hydrogen-bond donors (Lipinski definition) is 1. The molecule has 0 aliphatic heterocycles. The number of carboxylic acid groups (broad SMARTS) is 1. The van der Waals surface area contributed by atoms with Crippen LogP contribution in [0.3, 0.4) is 0 Å². The quantitative estimate of drug-likeness (QED) is 0.412. The zero-order valence-corrected chi connectivity index (χ0v) is 14.6. The third kappa shape index (κ3) is 6.71. The molecule has 130 valence electrons.